The Kier molecular flexibility index (Phi) is 4.33. The summed E-state index contributed by atoms with van der Waals surface area (Å²) in [6.45, 7) is 3.92. The highest BCUT2D eigenvalue weighted by Crippen LogP contribution is 2.20. The van der Waals surface area contributed by atoms with Gasteiger partial charge in [-0.25, -0.2) is 0 Å². The molecule has 0 aromatic heterocycles. The monoisotopic (exact) mass is 248 g/mol. The van der Waals surface area contributed by atoms with Crippen LogP contribution in [-0.4, -0.2) is 18.5 Å². The zero-order chi connectivity index (χ0) is 13.0. The lowest BCUT2D eigenvalue weighted by molar-refractivity contribution is 0.0952. The van der Waals surface area contributed by atoms with Crippen molar-refractivity contribution in [3.63, 3.8) is 0 Å². The number of benzene rings is 1. The highest BCUT2D eigenvalue weighted by atomic mass is 16.5. The summed E-state index contributed by atoms with van der Waals surface area (Å²) in [6, 6.07) is 5.94. The van der Waals surface area contributed by atoms with Crippen LogP contribution in [0.25, 0.3) is 0 Å². The van der Waals surface area contributed by atoms with Crippen LogP contribution < -0.4 is 11.1 Å². The van der Waals surface area contributed by atoms with Gasteiger partial charge in [0.25, 0.3) is 5.91 Å². The quantitative estimate of drug-likeness (QED) is 0.777. The van der Waals surface area contributed by atoms with Gasteiger partial charge in [-0.3, -0.25) is 4.79 Å². The summed E-state index contributed by atoms with van der Waals surface area (Å²) in [6.07, 6.45) is 1.84. The van der Waals surface area contributed by atoms with Crippen LogP contribution in [-0.2, 0) is 18.0 Å². The molecular formula is C14H20N2O2. The van der Waals surface area contributed by atoms with Crippen molar-refractivity contribution in [2.45, 2.75) is 39.0 Å². The summed E-state index contributed by atoms with van der Waals surface area (Å²) in [5.74, 6) is -0.0191. The zero-order valence-corrected chi connectivity index (χ0v) is 10.7. The Labute approximate surface area is 108 Å². The van der Waals surface area contributed by atoms with Crippen LogP contribution in [0.3, 0.4) is 0 Å². The standard InChI is InChI=1S/C14H20N2O2/c1-10(15)3-2-6-16-14(17)11-4-5-12-8-18-9-13(12)7-11/h4-5,7,10H,2-3,6,8-9,15H2,1H3,(H,16,17). The summed E-state index contributed by atoms with van der Waals surface area (Å²) in [5.41, 5.74) is 8.67. The number of hydrogen-bond acceptors (Lipinski definition) is 3. The van der Waals surface area contributed by atoms with Crippen molar-refractivity contribution in [1.82, 2.24) is 5.32 Å². The Morgan fingerprint density at radius 3 is 3.00 bits per heavy atom. The molecule has 98 valence electrons. The van der Waals surface area contributed by atoms with Gasteiger partial charge in [-0.15, -0.1) is 0 Å². The Morgan fingerprint density at radius 2 is 2.22 bits per heavy atom. The molecule has 2 rings (SSSR count). The van der Waals surface area contributed by atoms with Crippen LogP contribution in [0.2, 0.25) is 0 Å². The van der Waals surface area contributed by atoms with Gasteiger partial charge < -0.3 is 15.8 Å². The fourth-order valence-corrected chi connectivity index (χ4v) is 2.04. The Bertz CT molecular complexity index is 430. The third-order valence-corrected chi connectivity index (χ3v) is 3.11. The molecule has 0 bridgehead atoms. The SMILES string of the molecule is CC(N)CCCNC(=O)c1ccc2c(c1)COC2. The fourth-order valence-electron chi connectivity index (χ4n) is 2.04. The van der Waals surface area contributed by atoms with Crippen LogP contribution in [0, 0.1) is 0 Å². The smallest absolute Gasteiger partial charge is 0.251 e. The first-order chi connectivity index (χ1) is 8.66. The number of fused-ring (bicyclic) bond motifs is 1. The first kappa shape index (κ1) is 13.1. The van der Waals surface area contributed by atoms with E-state index >= 15 is 0 Å². The summed E-state index contributed by atoms with van der Waals surface area (Å²) >= 11 is 0. The lowest BCUT2D eigenvalue weighted by atomic mass is 10.1. The predicted molar refractivity (Wildman–Crippen MR) is 70.2 cm³/mol. The molecular weight excluding hydrogens is 228 g/mol. The molecule has 0 saturated heterocycles. The van der Waals surface area contributed by atoms with E-state index in [1.807, 2.05) is 25.1 Å². The number of rotatable bonds is 5. The molecule has 4 nitrogen and oxygen atoms in total. The van der Waals surface area contributed by atoms with Gasteiger partial charge in [0, 0.05) is 18.2 Å². The molecule has 0 saturated carbocycles. The van der Waals surface area contributed by atoms with Crippen LogP contribution in [0.15, 0.2) is 18.2 Å². The van der Waals surface area contributed by atoms with Gasteiger partial charge in [0.15, 0.2) is 0 Å². The molecule has 1 aliphatic heterocycles. The maximum absolute atomic E-state index is 11.9. The van der Waals surface area contributed by atoms with Gasteiger partial charge in [-0.1, -0.05) is 6.07 Å². The van der Waals surface area contributed by atoms with Crippen molar-refractivity contribution in [1.29, 1.82) is 0 Å². The maximum Gasteiger partial charge on any atom is 0.251 e. The largest absolute Gasteiger partial charge is 0.372 e. The Morgan fingerprint density at radius 1 is 1.44 bits per heavy atom. The second-order valence-electron chi connectivity index (χ2n) is 4.85. The maximum atomic E-state index is 11.9. The molecule has 1 heterocycles. The van der Waals surface area contributed by atoms with Crippen molar-refractivity contribution in [3.05, 3.63) is 34.9 Å². The summed E-state index contributed by atoms with van der Waals surface area (Å²) in [4.78, 5) is 11.9. The van der Waals surface area contributed by atoms with Crippen molar-refractivity contribution >= 4 is 5.91 Å². The zero-order valence-electron chi connectivity index (χ0n) is 10.7. The highest BCUT2D eigenvalue weighted by Gasteiger charge is 2.13. The van der Waals surface area contributed by atoms with E-state index in [2.05, 4.69) is 5.32 Å². The molecule has 18 heavy (non-hydrogen) atoms. The van der Waals surface area contributed by atoms with E-state index in [9.17, 15) is 4.79 Å². The van der Waals surface area contributed by atoms with Gasteiger partial charge in [0.2, 0.25) is 0 Å². The minimum absolute atomic E-state index is 0.0191. The van der Waals surface area contributed by atoms with Crippen LogP contribution in [0.1, 0.15) is 41.3 Å². The number of nitrogens with one attached hydrogen (secondary N) is 1. The van der Waals surface area contributed by atoms with Gasteiger partial charge >= 0.3 is 0 Å². The number of carbonyl (C=O) groups is 1. The molecule has 1 unspecified atom stereocenters. The minimum atomic E-state index is -0.0191. The molecule has 0 fully saturated rings. The predicted octanol–water partition coefficient (Wildman–Crippen LogP) is 1.57. The van der Waals surface area contributed by atoms with E-state index in [0.29, 0.717) is 25.3 Å². The van der Waals surface area contributed by atoms with E-state index in [1.165, 1.54) is 5.56 Å². The third-order valence-electron chi connectivity index (χ3n) is 3.11. The van der Waals surface area contributed by atoms with Gasteiger partial charge in [-0.05, 0) is 43.0 Å². The number of carbonyl (C=O) groups excluding carboxylic acids is 1. The highest BCUT2D eigenvalue weighted by molar-refractivity contribution is 5.94. The molecule has 0 aliphatic carbocycles. The van der Waals surface area contributed by atoms with E-state index < -0.39 is 0 Å². The molecule has 0 spiro atoms. The van der Waals surface area contributed by atoms with Crippen molar-refractivity contribution in [2.75, 3.05) is 6.54 Å². The van der Waals surface area contributed by atoms with Crippen molar-refractivity contribution < 1.29 is 9.53 Å². The average Bonchev–Trinajstić information content (AvgIpc) is 2.81. The summed E-state index contributed by atoms with van der Waals surface area (Å²) < 4.78 is 5.33. The summed E-state index contributed by atoms with van der Waals surface area (Å²) in [5, 5.41) is 2.91. The topological polar surface area (TPSA) is 64.3 Å². The minimum Gasteiger partial charge on any atom is -0.372 e. The third kappa shape index (κ3) is 3.31. The number of hydrogen-bond donors (Lipinski definition) is 2. The van der Waals surface area contributed by atoms with Crippen LogP contribution in [0.4, 0.5) is 0 Å². The Hall–Kier alpha value is -1.39. The number of nitrogens with two attached hydrogens (primary N) is 1. The normalized spacial score (nSPS) is 15.2. The molecule has 4 heteroatoms. The number of ether oxygens (including phenoxy) is 1. The van der Waals surface area contributed by atoms with Crippen LogP contribution in [0.5, 0.6) is 0 Å². The van der Waals surface area contributed by atoms with E-state index in [-0.39, 0.29) is 11.9 Å². The second-order valence-corrected chi connectivity index (χ2v) is 4.85. The lowest BCUT2D eigenvalue weighted by Crippen LogP contribution is -2.26. The lowest BCUT2D eigenvalue weighted by Gasteiger charge is -2.07. The van der Waals surface area contributed by atoms with Crippen LogP contribution >= 0.6 is 0 Å². The molecule has 1 aliphatic rings. The van der Waals surface area contributed by atoms with Gasteiger partial charge in [0.05, 0.1) is 13.2 Å². The first-order valence-corrected chi connectivity index (χ1v) is 6.40. The van der Waals surface area contributed by atoms with E-state index in [4.69, 9.17) is 10.5 Å². The van der Waals surface area contributed by atoms with Crippen molar-refractivity contribution in [3.8, 4) is 0 Å². The second kappa shape index (κ2) is 5.98. The fraction of sp³-hybridized carbons (Fsp3) is 0.500. The Balaban J connectivity index is 1.85. The molecule has 0 radical (unpaired) electrons. The first-order valence-electron chi connectivity index (χ1n) is 6.40. The molecule has 1 atom stereocenters. The average molecular weight is 248 g/mol. The number of amides is 1. The molecule has 1 aromatic rings. The molecule has 1 aromatic carbocycles. The molecule has 3 N–H and O–H groups in total. The van der Waals surface area contributed by atoms with Crippen molar-refractivity contribution in [2.24, 2.45) is 5.73 Å². The summed E-state index contributed by atoms with van der Waals surface area (Å²) in [7, 11) is 0. The van der Waals surface area contributed by atoms with E-state index in [1.54, 1.807) is 0 Å². The van der Waals surface area contributed by atoms with Gasteiger partial charge in [0.1, 0.15) is 0 Å². The van der Waals surface area contributed by atoms with E-state index in [0.717, 1.165) is 18.4 Å². The van der Waals surface area contributed by atoms with Gasteiger partial charge in [-0.2, -0.15) is 0 Å². The molecule has 1 amide bonds.